The predicted molar refractivity (Wildman–Crippen MR) is 35.1 cm³/mol. The van der Waals surface area contributed by atoms with E-state index in [1.807, 2.05) is 11.5 Å². The van der Waals surface area contributed by atoms with E-state index in [0.29, 0.717) is 0 Å². The van der Waals surface area contributed by atoms with E-state index in [-0.39, 0.29) is 0 Å². The summed E-state index contributed by atoms with van der Waals surface area (Å²) in [6.07, 6.45) is 10.2. The Labute approximate surface area is 47.7 Å². The molecule has 1 heteroatoms. The molecule has 0 aromatic carbocycles. The summed E-state index contributed by atoms with van der Waals surface area (Å²) in [4.78, 5) is 0. The second kappa shape index (κ2) is 2.10. The van der Waals surface area contributed by atoms with E-state index in [1.165, 1.54) is 0 Å². The van der Waals surface area contributed by atoms with Crippen molar-refractivity contribution in [2.75, 3.05) is 0 Å². The molecule has 0 saturated heterocycles. The third-order valence-electron chi connectivity index (χ3n) is 0.722. The summed E-state index contributed by atoms with van der Waals surface area (Å²) < 4.78 is 5.28. The Morgan fingerprint density at radius 1 is 1.14 bits per heavy atom. The third-order valence-corrected chi connectivity index (χ3v) is 3.75. The van der Waals surface area contributed by atoms with Crippen LogP contribution in [-0.2, 0) is 0 Å². The molecule has 36 valence electrons. The summed E-state index contributed by atoms with van der Waals surface area (Å²) in [7, 11) is 0. The zero-order valence-corrected chi connectivity index (χ0v) is 6.75. The van der Waals surface area contributed by atoms with Crippen LogP contribution >= 0.6 is 0 Å². The van der Waals surface area contributed by atoms with E-state index in [0.717, 1.165) is 0 Å². The summed E-state index contributed by atoms with van der Waals surface area (Å²) in [6, 6.07) is 0. The van der Waals surface area contributed by atoms with Crippen molar-refractivity contribution in [1.29, 1.82) is 0 Å². The molecule has 0 amide bonds. The van der Waals surface area contributed by atoms with Gasteiger partial charge in [-0.1, -0.05) is 0 Å². The van der Waals surface area contributed by atoms with Gasteiger partial charge < -0.3 is 0 Å². The van der Waals surface area contributed by atoms with Crippen molar-refractivity contribution >= 4 is 13.3 Å². The molecular weight excluding hydrogens is 145 g/mol. The van der Waals surface area contributed by atoms with Gasteiger partial charge in [-0.15, -0.1) is 0 Å². The Bertz CT molecular complexity index is 115. The van der Waals surface area contributed by atoms with E-state index < -0.39 is 13.3 Å². The molecule has 0 aliphatic carbocycles. The fourth-order valence-electron chi connectivity index (χ4n) is 0.0417. The van der Waals surface area contributed by atoms with Crippen LogP contribution in [0, 0.1) is 22.4 Å². The van der Waals surface area contributed by atoms with Gasteiger partial charge in [0.1, 0.15) is 0 Å². The fraction of sp³-hybridized carbons (Fsp3) is 0.333. The van der Waals surface area contributed by atoms with Crippen molar-refractivity contribution < 1.29 is 0 Å². The van der Waals surface area contributed by atoms with Gasteiger partial charge in [-0.25, -0.2) is 0 Å². The molecule has 0 rings (SSSR count). The molecule has 0 atom stereocenters. The minimum atomic E-state index is -2.03. The van der Waals surface area contributed by atoms with Crippen LogP contribution < -0.4 is 0 Å². The van der Waals surface area contributed by atoms with E-state index in [1.54, 1.807) is 0 Å². The fourth-order valence-corrected chi connectivity index (χ4v) is 0.217. The molecule has 0 unspecified atom stereocenters. The molecule has 0 radical (unpaired) electrons. The molecule has 7 heavy (non-hydrogen) atoms. The second-order valence-electron chi connectivity index (χ2n) is 1.91. The Kier molecular flexibility index (Phi) is 2.00. The van der Waals surface area contributed by atoms with Crippen molar-refractivity contribution in [3.05, 3.63) is 0 Å². The molecule has 0 fully saturated rings. The molecule has 0 aliphatic rings. The topological polar surface area (TPSA) is 0 Å². The molecule has 0 N–H and O–H groups in total. The van der Waals surface area contributed by atoms with Crippen LogP contribution in [0.15, 0.2) is 0 Å². The van der Waals surface area contributed by atoms with Crippen molar-refractivity contribution in [3.8, 4) is 22.4 Å². The monoisotopic (exact) mass is 154 g/mol. The maximum absolute atomic E-state index is 5.11. The second-order valence-corrected chi connectivity index (χ2v) is 9.94. The Morgan fingerprint density at radius 2 is 1.43 bits per heavy atom. The summed E-state index contributed by atoms with van der Waals surface area (Å²) >= 11 is -2.03. The van der Waals surface area contributed by atoms with E-state index in [2.05, 4.69) is 9.51 Å². The Balaban J connectivity index is 4.00. The van der Waals surface area contributed by atoms with Crippen molar-refractivity contribution in [1.82, 2.24) is 0 Å². The summed E-state index contributed by atoms with van der Waals surface area (Å²) in [5, 5.41) is 0. The SMILES string of the molecule is C#[C][Ge]([CH3])([CH3])[C]#C. The molecule has 0 bridgehead atoms. The normalized spacial score (nSPS) is 9.14. The Hall–Kier alpha value is -0.337. The van der Waals surface area contributed by atoms with Crippen LogP contribution in [0.1, 0.15) is 0 Å². The predicted octanol–water partition coefficient (Wildman–Crippen LogP) is 1.04. The first kappa shape index (κ1) is 6.66. The summed E-state index contributed by atoms with van der Waals surface area (Å²) in [6.45, 7) is 0. The standard InChI is InChI=1S/C6H8Ge/c1-5-7(3,4)6-2/h1-2H,3-4H3. The number of rotatable bonds is 0. The zero-order valence-electron chi connectivity index (χ0n) is 4.65. The van der Waals surface area contributed by atoms with Gasteiger partial charge in [0, 0.05) is 0 Å². The van der Waals surface area contributed by atoms with Crippen LogP contribution in [0.3, 0.4) is 0 Å². The molecule has 0 spiro atoms. The van der Waals surface area contributed by atoms with Gasteiger partial charge >= 0.3 is 47.1 Å². The molecule has 0 saturated carbocycles. The van der Waals surface area contributed by atoms with Gasteiger partial charge in [-0.05, 0) is 0 Å². The van der Waals surface area contributed by atoms with Gasteiger partial charge in [0.2, 0.25) is 0 Å². The van der Waals surface area contributed by atoms with Crippen LogP contribution in [-0.4, -0.2) is 13.3 Å². The zero-order chi connectivity index (χ0) is 5.91. The molecular formula is C6H8Ge. The molecule has 0 aromatic heterocycles. The van der Waals surface area contributed by atoms with Gasteiger partial charge in [-0.2, -0.15) is 0 Å². The molecule has 0 nitrogen and oxygen atoms in total. The van der Waals surface area contributed by atoms with Gasteiger partial charge in [0.15, 0.2) is 0 Å². The van der Waals surface area contributed by atoms with E-state index >= 15 is 0 Å². The van der Waals surface area contributed by atoms with Crippen LogP contribution in [0.25, 0.3) is 0 Å². The summed E-state index contributed by atoms with van der Waals surface area (Å²) in [5.74, 6) is 4.03. The van der Waals surface area contributed by atoms with Crippen molar-refractivity contribution in [3.63, 3.8) is 0 Å². The van der Waals surface area contributed by atoms with E-state index in [4.69, 9.17) is 12.8 Å². The van der Waals surface area contributed by atoms with Crippen LogP contribution in [0.4, 0.5) is 0 Å². The van der Waals surface area contributed by atoms with Crippen LogP contribution in [0.5, 0.6) is 0 Å². The average molecular weight is 153 g/mol. The Morgan fingerprint density at radius 3 is 1.43 bits per heavy atom. The van der Waals surface area contributed by atoms with Crippen LogP contribution in [0.2, 0.25) is 11.5 Å². The van der Waals surface area contributed by atoms with Crippen molar-refractivity contribution in [2.24, 2.45) is 0 Å². The minimum absolute atomic E-state index is 2.01. The first-order valence-corrected chi connectivity index (χ1v) is 8.37. The molecule has 0 aromatic rings. The van der Waals surface area contributed by atoms with Gasteiger partial charge in [0.05, 0.1) is 0 Å². The van der Waals surface area contributed by atoms with Crippen molar-refractivity contribution in [2.45, 2.75) is 11.5 Å². The first-order chi connectivity index (χ1) is 3.12. The quantitative estimate of drug-likeness (QED) is 0.360. The number of hydrogen-bond donors (Lipinski definition) is 0. The first-order valence-electron chi connectivity index (χ1n) is 2.08. The molecule has 0 aliphatic heterocycles. The molecule has 0 heterocycles. The van der Waals surface area contributed by atoms with Gasteiger partial charge in [0.25, 0.3) is 0 Å². The number of hydrogen-bond acceptors (Lipinski definition) is 0. The number of terminal acetylenes is 2. The maximum atomic E-state index is 5.11. The van der Waals surface area contributed by atoms with E-state index in [9.17, 15) is 0 Å². The van der Waals surface area contributed by atoms with Gasteiger partial charge in [-0.3, -0.25) is 0 Å². The third kappa shape index (κ3) is 2.37. The summed E-state index contributed by atoms with van der Waals surface area (Å²) in [5.41, 5.74) is 0. The average Bonchev–Trinajstić information content (AvgIpc) is 1.68.